The number of ether oxygens (including phenoxy) is 2. The predicted molar refractivity (Wildman–Crippen MR) is 66.2 cm³/mol. The molecule has 0 amide bonds. The summed E-state index contributed by atoms with van der Waals surface area (Å²) in [7, 11) is 0.377. The summed E-state index contributed by atoms with van der Waals surface area (Å²) in [6.45, 7) is 2.61. The van der Waals surface area contributed by atoms with Gasteiger partial charge in [0.25, 0.3) is 0 Å². The van der Waals surface area contributed by atoms with Gasteiger partial charge in [0, 0.05) is 13.1 Å². The molecular formula is C11H16N2O3S. The van der Waals surface area contributed by atoms with Crippen molar-refractivity contribution in [2.24, 2.45) is 0 Å². The van der Waals surface area contributed by atoms with Gasteiger partial charge < -0.3 is 15.2 Å². The van der Waals surface area contributed by atoms with E-state index in [1.165, 1.54) is 0 Å². The van der Waals surface area contributed by atoms with Crippen LogP contribution in [0.25, 0.3) is 0 Å². The molecule has 1 unspecified atom stereocenters. The summed E-state index contributed by atoms with van der Waals surface area (Å²) in [6, 6.07) is 5.21. The van der Waals surface area contributed by atoms with Crippen LogP contribution in [0.3, 0.4) is 0 Å². The summed E-state index contributed by atoms with van der Waals surface area (Å²) in [5, 5.41) is 0. The molecule has 1 aromatic rings. The van der Waals surface area contributed by atoms with Crippen molar-refractivity contribution in [3.8, 4) is 5.75 Å². The average molecular weight is 256 g/mol. The molecule has 1 aliphatic heterocycles. The molecule has 6 heteroatoms. The topological polar surface area (TPSA) is 64.8 Å². The Bertz CT molecular complexity index is 419. The third-order valence-corrected chi connectivity index (χ3v) is 4.10. The zero-order valence-electron chi connectivity index (χ0n) is 9.72. The lowest BCUT2D eigenvalue weighted by Crippen LogP contribution is -2.37. The Morgan fingerprint density at radius 3 is 2.76 bits per heavy atom. The monoisotopic (exact) mass is 256 g/mol. The quantitative estimate of drug-likeness (QED) is 0.806. The van der Waals surface area contributed by atoms with Gasteiger partial charge in [0.05, 0.1) is 30.9 Å². The lowest BCUT2D eigenvalue weighted by molar-refractivity contribution is 0.0752. The van der Waals surface area contributed by atoms with Crippen molar-refractivity contribution in [2.45, 2.75) is 4.90 Å². The SMILES string of the molecule is COc1cc(S(=O)N2CCOCC2)ccc1N. The molecule has 0 spiro atoms. The molecule has 0 saturated carbocycles. The number of nitrogen functional groups attached to an aromatic ring is 1. The van der Waals surface area contributed by atoms with Crippen LogP contribution in [-0.4, -0.2) is 41.9 Å². The highest BCUT2D eigenvalue weighted by Crippen LogP contribution is 2.25. The van der Waals surface area contributed by atoms with Crippen LogP contribution in [0.5, 0.6) is 5.75 Å². The third kappa shape index (κ3) is 2.77. The first-order chi connectivity index (χ1) is 8.22. The smallest absolute Gasteiger partial charge is 0.142 e. The number of rotatable bonds is 3. The van der Waals surface area contributed by atoms with Crippen LogP contribution in [0.1, 0.15) is 0 Å². The van der Waals surface area contributed by atoms with Crippen LogP contribution >= 0.6 is 0 Å². The Morgan fingerprint density at radius 1 is 1.41 bits per heavy atom. The second-order valence-corrected chi connectivity index (χ2v) is 5.18. The summed E-state index contributed by atoms with van der Waals surface area (Å²) in [6.07, 6.45) is 0. The first-order valence-electron chi connectivity index (χ1n) is 5.40. The molecule has 1 aromatic carbocycles. The van der Waals surface area contributed by atoms with E-state index in [-0.39, 0.29) is 0 Å². The molecule has 94 valence electrons. The molecule has 1 heterocycles. The zero-order chi connectivity index (χ0) is 12.3. The maximum Gasteiger partial charge on any atom is 0.142 e. The summed E-state index contributed by atoms with van der Waals surface area (Å²) in [5.41, 5.74) is 6.27. The van der Waals surface area contributed by atoms with E-state index in [2.05, 4.69) is 0 Å². The van der Waals surface area contributed by atoms with Crippen LogP contribution < -0.4 is 10.5 Å². The first kappa shape index (κ1) is 12.3. The van der Waals surface area contributed by atoms with Crippen molar-refractivity contribution in [3.63, 3.8) is 0 Å². The minimum absolute atomic E-state index is 0.551. The first-order valence-corrected chi connectivity index (χ1v) is 6.51. The lowest BCUT2D eigenvalue weighted by Gasteiger charge is -2.25. The molecule has 2 N–H and O–H groups in total. The molecule has 1 aliphatic rings. The van der Waals surface area contributed by atoms with Gasteiger partial charge in [-0.25, -0.2) is 8.51 Å². The number of morpholine rings is 1. The Kier molecular flexibility index (Phi) is 3.98. The highest BCUT2D eigenvalue weighted by atomic mass is 32.2. The number of hydrogen-bond acceptors (Lipinski definition) is 4. The van der Waals surface area contributed by atoms with Crippen LogP contribution in [0.15, 0.2) is 23.1 Å². The van der Waals surface area contributed by atoms with Gasteiger partial charge in [-0.1, -0.05) is 0 Å². The molecule has 0 aromatic heterocycles. The molecular weight excluding hydrogens is 240 g/mol. The standard InChI is InChI=1S/C11H16N2O3S/c1-15-11-8-9(2-3-10(11)12)17(14)13-4-6-16-7-5-13/h2-3,8H,4-7,12H2,1H3. The second-order valence-electron chi connectivity index (χ2n) is 3.69. The predicted octanol–water partition coefficient (Wildman–Crippen LogP) is 0.632. The van der Waals surface area contributed by atoms with Gasteiger partial charge in [0.2, 0.25) is 0 Å². The number of nitrogens with zero attached hydrogens (tertiary/aromatic N) is 1. The third-order valence-electron chi connectivity index (χ3n) is 2.61. The Morgan fingerprint density at radius 2 is 2.12 bits per heavy atom. The fourth-order valence-electron chi connectivity index (χ4n) is 1.66. The van der Waals surface area contributed by atoms with E-state index in [0.717, 1.165) is 0 Å². The molecule has 1 saturated heterocycles. The van der Waals surface area contributed by atoms with Gasteiger partial charge in [-0.15, -0.1) is 0 Å². The number of hydrogen-bond donors (Lipinski definition) is 1. The van der Waals surface area contributed by atoms with Gasteiger partial charge in [0.15, 0.2) is 0 Å². The maximum absolute atomic E-state index is 12.3. The number of methoxy groups -OCH3 is 1. The van der Waals surface area contributed by atoms with E-state index in [0.29, 0.717) is 42.6 Å². The second kappa shape index (κ2) is 5.48. The van der Waals surface area contributed by atoms with Crippen molar-refractivity contribution in [2.75, 3.05) is 39.1 Å². The fraction of sp³-hybridized carbons (Fsp3) is 0.455. The van der Waals surface area contributed by atoms with Crippen LogP contribution in [0, 0.1) is 0 Å². The minimum atomic E-state index is -1.17. The minimum Gasteiger partial charge on any atom is -0.495 e. The molecule has 0 radical (unpaired) electrons. The summed E-state index contributed by atoms with van der Waals surface area (Å²) in [4.78, 5) is 0.706. The van der Waals surface area contributed by atoms with E-state index in [4.69, 9.17) is 15.2 Å². The molecule has 17 heavy (non-hydrogen) atoms. The molecule has 0 aliphatic carbocycles. The lowest BCUT2D eigenvalue weighted by atomic mass is 10.3. The number of anilines is 1. The molecule has 1 fully saturated rings. The molecule has 0 bridgehead atoms. The summed E-state index contributed by atoms with van der Waals surface area (Å²) in [5.74, 6) is 0.559. The Hall–Kier alpha value is -1.11. The largest absolute Gasteiger partial charge is 0.495 e. The van der Waals surface area contributed by atoms with E-state index in [1.54, 1.807) is 25.3 Å². The van der Waals surface area contributed by atoms with Crippen LogP contribution in [0.4, 0.5) is 5.69 Å². The van der Waals surface area contributed by atoms with Gasteiger partial charge in [-0.05, 0) is 18.2 Å². The van der Waals surface area contributed by atoms with Crippen molar-refractivity contribution in [3.05, 3.63) is 18.2 Å². The number of benzene rings is 1. The van der Waals surface area contributed by atoms with E-state index >= 15 is 0 Å². The van der Waals surface area contributed by atoms with Crippen molar-refractivity contribution in [1.82, 2.24) is 4.31 Å². The van der Waals surface area contributed by atoms with Crippen molar-refractivity contribution in [1.29, 1.82) is 0 Å². The zero-order valence-corrected chi connectivity index (χ0v) is 10.5. The van der Waals surface area contributed by atoms with E-state index in [1.807, 2.05) is 4.31 Å². The van der Waals surface area contributed by atoms with Gasteiger partial charge in [-0.2, -0.15) is 0 Å². The molecule has 1 atom stereocenters. The van der Waals surface area contributed by atoms with Gasteiger partial charge in [0.1, 0.15) is 16.7 Å². The van der Waals surface area contributed by atoms with Crippen LogP contribution in [-0.2, 0) is 15.7 Å². The number of nitrogens with two attached hydrogens (primary N) is 1. The highest BCUT2D eigenvalue weighted by molar-refractivity contribution is 7.82. The van der Waals surface area contributed by atoms with Gasteiger partial charge in [-0.3, -0.25) is 0 Å². The van der Waals surface area contributed by atoms with Crippen molar-refractivity contribution < 1.29 is 13.7 Å². The normalized spacial score (nSPS) is 18.9. The van der Waals surface area contributed by atoms with Crippen molar-refractivity contribution >= 4 is 16.7 Å². The summed E-state index contributed by atoms with van der Waals surface area (Å²) < 4.78 is 24.5. The fourth-order valence-corrected chi connectivity index (χ4v) is 2.83. The summed E-state index contributed by atoms with van der Waals surface area (Å²) >= 11 is 0. The van der Waals surface area contributed by atoms with E-state index in [9.17, 15) is 4.21 Å². The highest BCUT2D eigenvalue weighted by Gasteiger charge is 2.19. The van der Waals surface area contributed by atoms with Crippen LogP contribution in [0.2, 0.25) is 0 Å². The Balaban J connectivity index is 2.18. The van der Waals surface area contributed by atoms with Gasteiger partial charge >= 0.3 is 0 Å². The van der Waals surface area contributed by atoms with E-state index < -0.39 is 11.0 Å². The maximum atomic E-state index is 12.3. The average Bonchev–Trinajstić information content (AvgIpc) is 2.39. The molecule has 5 nitrogen and oxygen atoms in total. The Labute approximate surface area is 103 Å². The molecule has 2 rings (SSSR count).